The van der Waals surface area contributed by atoms with E-state index in [2.05, 4.69) is 13.8 Å². The molecule has 23 heavy (non-hydrogen) atoms. The zero-order chi connectivity index (χ0) is 16.9. The lowest BCUT2D eigenvalue weighted by molar-refractivity contribution is -0.113. The predicted molar refractivity (Wildman–Crippen MR) is 87.5 cm³/mol. The lowest BCUT2D eigenvalue weighted by atomic mass is 9.56. The van der Waals surface area contributed by atoms with Gasteiger partial charge in [0.1, 0.15) is 0 Å². The molecule has 0 aromatic carbocycles. The molecule has 3 rings (SSSR count). The van der Waals surface area contributed by atoms with Gasteiger partial charge >= 0.3 is 0 Å². The Balaban J connectivity index is 2.04. The molecule has 0 radical (unpaired) electrons. The molecule has 0 saturated heterocycles. The van der Waals surface area contributed by atoms with E-state index in [0.29, 0.717) is 18.8 Å². The lowest BCUT2D eigenvalue weighted by Crippen LogP contribution is -2.49. The zero-order valence-electron chi connectivity index (χ0n) is 14.2. The third kappa shape index (κ3) is 2.51. The Bertz CT molecular complexity index is 562. The highest BCUT2D eigenvalue weighted by molar-refractivity contribution is 6.06. The van der Waals surface area contributed by atoms with E-state index in [1.807, 2.05) is 13.0 Å². The first-order valence-electron chi connectivity index (χ1n) is 8.74. The van der Waals surface area contributed by atoms with Gasteiger partial charge in [-0.1, -0.05) is 32.4 Å². The molecule has 4 unspecified atom stereocenters. The van der Waals surface area contributed by atoms with E-state index in [0.717, 1.165) is 17.6 Å². The number of aliphatic hydroxyl groups excluding tert-OH is 3. The molecule has 4 heteroatoms. The fourth-order valence-corrected chi connectivity index (χ4v) is 4.81. The third-order valence-corrected chi connectivity index (χ3v) is 6.41. The fraction of sp³-hybridized carbons (Fsp3) is 0.737. The highest BCUT2D eigenvalue weighted by Gasteiger charge is 2.50. The van der Waals surface area contributed by atoms with Crippen LogP contribution in [-0.4, -0.2) is 39.9 Å². The topological polar surface area (TPSA) is 77.8 Å². The van der Waals surface area contributed by atoms with Crippen molar-refractivity contribution < 1.29 is 20.1 Å². The van der Waals surface area contributed by atoms with E-state index >= 15 is 0 Å². The number of hydrogen-bond donors (Lipinski definition) is 3. The summed E-state index contributed by atoms with van der Waals surface area (Å²) in [6.07, 6.45) is 4.62. The molecule has 0 bridgehead atoms. The van der Waals surface area contributed by atoms with Crippen molar-refractivity contribution in [1.29, 1.82) is 0 Å². The Hall–Kier alpha value is -0.970. The molecule has 4 nitrogen and oxygen atoms in total. The van der Waals surface area contributed by atoms with Gasteiger partial charge in [0, 0.05) is 11.3 Å². The van der Waals surface area contributed by atoms with Gasteiger partial charge in [0.2, 0.25) is 0 Å². The smallest absolute Gasteiger partial charge is 0.181 e. The Kier molecular flexibility index (Phi) is 4.28. The number of carbonyl (C=O) groups excluding carboxylic acids is 1. The van der Waals surface area contributed by atoms with Crippen LogP contribution in [0.3, 0.4) is 0 Å². The summed E-state index contributed by atoms with van der Waals surface area (Å²) in [5, 5.41) is 30.7. The second-order valence-corrected chi connectivity index (χ2v) is 8.09. The van der Waals surface area contributed by atoms with Crippen LogP contribution in [0.4, 0.5) is 0 Å². The first-order chi connectivity index (χ1) is 10.8. The number of carbonyl (C=O) groups is 1. The number of aliphatic hydroxyl groups is 3. The SMILES string of the molecule is CC(C)C1C=C2C(=O)C=C3C(CC[C@@H](O)C3(C)CO)C2C[C@H]1O. The summed E-state index contributed by atoms with van der Waals surface area (Å²) in [7, 11) is 0. The van der Waals surface area contributed by atoms with Gasteiger partial charge in [0.15, 0.2) is 5.78 Å². The highest BCUT2D eigenvalue weighted by atomic mass is 16.3. The number of hydrogen-bond acceptors (Lipinski definition) is 4. The molecule has 0 aromatic heterocycles. The Morgan fingerprint density at radius 2 is 1.96 bits per heavy atom. The summed E-state index contributed by atoms with van der Waals surface area (Å²) in [6.45, 7) is 5.82. The summed E-state index contributed by atoms with van der Waals surface area (Å²) in [4.78, 5) is 12.7. The normalized spacial score (nSPS) is 43.6. The predicted octanol–water partition coefficient (Wildman–Crippen LogP) is 1.84. The fourth-order valence-electron chi connectivity index (χ4n) is 4.81. The van der Waals surface area contributed by atoms with E-state index in [-0.39, 0.29) is 30.1 Å². The molecule has 1 saturated carbocycles. The average molecular weight is 320 g/mol. The van der Waals surface area contributed by atoms with Gasteiger partial charge in [-0.3, -0.25) is 4.79 Å². The summed E-state index contributed by atoms with van der Waals surface area (Å²) in [5.41, 5.74) is 0.963. The van der Waals surface area contributed by atoms with Crippen LogP contribution in [0, 0.1) is 29.1 Å². The Morgan fingerprint density at radius 3 is 2.57 bits per heavy atom. The van der Waals surface area contributed by atoms with Crippen LogP contribution in [0.1, 0.15) is 40.0 Å². The molecule has 0 aliphatic heterocycles. The maximum Gasteiger partial charge on any atom is 0.181 e. The number of fused-ring (bicyclic) bond motifs is 3. The molecule has 128 valence electrons. The molecule has 3 N–H and O–H groups in total. The minimum Gasteiger partial charge on any atom is -0.395 e. The Labute approximate surface area is 137 Å². The highest BCUT2D eigenvalue weighted by Crippen LogP contribution is 2.53. The molecular weight excluding hydrogens is 292 g/mol. The van der Waals surface area contributed by atoms with Crippen molar-refractivity contribution in [2.45, 2.75) is 52.2 Å². The van der Waals surface area contributed by atoms with Crippen molar-refractivity contribution >= 4 is 5.78 Å². The minimum atomic E-state index is -0.746. The van der Waals surface area contributed by atoms with E-state index < -0.39 is 17.6 Å². The van der Waals surface area contributed by atoms with Crippen molar-refractivity contribution in [3.8, 4) is 0 Å². The van der Waals surface area contributed by atoms with Gasteiger partial charge in [-0.15, -0.1) is 0 Å². The van der Waals surface area contributed by atoms with E-state index in [1.165, 1.54) is 0 Å². The van der Waals surface area contributed by atoms with Gasteiger partial charge in [0.25, 0.3) is 0 Å². The number of ketones is 1. The van der Waals surface area contributed by atoms with Gasteiger partial charge in [-0.05, 0) is 48.7 Å². The van der Waals surface area contributed by atoms with Crippen LogP contribution >= 0.6 is 0 Å². The van der Waals surface area contributed by atoms with Gasteiger partial charge in [-0.25, -0.2) is 0 Å². The van der Waals surface area contributed by atoms with E-state index in [4.69, 9.17) is 0 Å². The van der Waals surface area contributed by atoms with Crippen molar-refractivity contribution in [2.24, 2.45) is 29.1 Å². The van der Waals surface area contributed by atoms with Crippen LogP contribution in [0.2, 0.25) is 0 Å². The van der Waals surface area contributed by atoms with Crippen LogP contribution in [-0.2, 0) is 4.79 Å². The summed E-state index contributed by atoms with van der Waals surface area (Å²) in [5.74, 6) is 0.479. The van der Waals surface area contributed by atoms with Crippen molar-refractivity contribution in [1.82, 2.24) is 0 Å². The van der Waals surface area contributed by atoms with Crippen molar-refractivity contribution in [3.63, 3.8) is 0 Å². The van der Waals surface area contributed by atoms with Gasteiger partial charge < -0.3 is 15.3 Å². The van der Waals surface area contributed by atoms with Crippen molar-refractivity contribution in [2.75, 3.05) is 6.61 Å². The van der Waals surface area contributed by atoms with Gasteiger partial charge in [0.05, 0.1) is 18.8 Å². The number of rotatable bonds is 2. The largest absolute Gasteiger partial charge is 0.395 e. The molecule has 0 amide bonds. The first kappa shape index (κ1) is 16.9. The first-order valence-corrected chi connectivity index (χ1v) is 8.74. The molecule has 6 atom stereocenters. The molecule has 1 fully saturated rings. The zero-order valence-corrected chi connectivity index (χ0v) is 14.2. The maximum absolute atomic E-state index is 12.7. The molecule has 3 aliphatic carbocycles. The third-order valence-electron chi connectivity index (χ3n) is 6.41. The minimum absolute atomic E-state index is 0.00688. The summed E-state index contributed by atoms with van der Waals surface area (Å²) < 4.78 is 0. The average Bonchev–Trinajstić information content (AvgIpc) is 2.51. The van der Waals surface area contributed by atoms with Crippen LogP contribution in [0.15, 0.2) is 23.3 Å². The van der Waals surface area contributed by atoms with Crippen LogP contribution in [0.5, 0.6) is 0 Å². The molecule has 0 aromatic rings. The number of allylic oxidation sites excluding steroid dienone is 2. The van der Waals surface area contributed by atoms with Crippen LogP contribution < -0.4 is 0 Å². The monoisotopic (exact) mass is 320 g/mol. The van der Waals surface area contributed by atoms with Crippen LogP contribution in [0.25, 0.3) is 0 Å². The van der Waals surface area contributed by atoms with Gasteiger partial charge in [-0.2, -0.15) is 0 Å². The molecule has 0 heterocycles. The van der Waals surface area contributed by atoms with Crippen molar-refractivity contribution in [3.05, 3.63) is 23.3 Å². The van der Waals surface area contributed by atoms with E-state index in [1.54, 1.807) is 6.08 Å². The molecular formula is C19H28O4. The molecule has 0 spiro atoms. The lowest BCUT2D eigenvalue weighted by Gasteiger charge is -2.50. The summed E-state index contributed by atoms with van der Waals surface area (Å²) >= 11 is 0. The van der Waals surface area contributed by atoms with E-state index in [9.17, 15) is 20.1 Å². The second kappa shape index (κ2) is 5.83. The maximum atomic E-state index is 12.7. The second-order valence-electron chi connectivity index (χ2n) is 8.09. The quantitative estimate of drug-likeness (QED) is 0.725. The Morgan fingerprint density at radius 1 is 1.26 bits per heavy atom. The summed E-state index contributed by atoms with van der Waals surface area (Å²) in [6, 6.07) is 0. The standard InChI is InChI=1S/C19H28O4/c1-10(2)12-6-14-13(7-16(12)21)11-4-5-18(23)19(3,9-20)15(11)8-17(14)22/h6,8,10-13,16,18,20-21,23H,4-5,7,9H2,1-3H3/t11?,12?,13?,16-,18-,19?/m1/s1. The molecule has 3 aliphatic rings.